The SMILES string of the molecule is CN(c1ccccc1)c1nc(NC(=O)c2ccc(S(C)(=O)=O)cc2Cl)nc(-c2ccccn2)n1. The number of rotatable bonds is 6. The summed E-state index contributed by atoms with van der Waals surface area (Å²) in [7, 11) is -1.68. The van der Waals surface area contributed by atoms with E-state index in [4.69, 9.17) is 11.6 Å². The Kier molecular flexibility index (Phi) is 6.53. The average molecular weight is 495 g/mol. The van der Waals surface area contributed by atoms with Gasteiger partial charge in [0.1, 0.15) is 5.69 Å². The summed E-state index contributed by atoms with van der Waals surface area (Å²) < 4.78 is 23.5. The third-order valence-electron chi connectivity index (χ3n) is 4.80. The fourth-order valence-corrected chi connectivity index (χ4v) is 4.01. The van der Waals surface area contributed by atoms with Crippen LogP contribution in [0.1, 0.15) is 10.4 Å². The second-order valence-electron chi connectivity index (χ2n) is 7.26. The molecule has 11 heteroatoms. The largest absolute Gasteiger partial charge is 0.313 e. The van der Waals surface area contributed by atoms with E-state index in [2.05, 4.69) is 25.3 Å². The number of carbonyl (C=O) groups is 1. The van der Waals surface area contributed by atoms with Crippen LogP contribution in [0.15, 0.2) is 77.8 Å². The molecule has 0 bridgehead atoms. The maximum absolute atomic E-state index is 12.9. The first kappa shape index (κ1) is 23.3. The molecule has 2 aromatic heterocycles. The number of aromatic nitrogens is 4. The van der Waals surface area contributed by atoms with Gasteiger partial charge in [0.05, 0.1) is 15.5 Å². The zero-order chi connectivity index (χ0) is 24.3. The molecular weight excluding hydrogens is 476 g/mol. The summed E-state index contributed by atoms with van der Waals surface area (Å²) in [6.45, 7) is 0. The molecule has 1 amide bonds. The van der Waals surface area contributed by atoms with Crippen LogP contribution in [0.2, 0.25) is 5.02 Å². The number of nitrogens with one attached hydrogen (secondary N) is 1. The minimum atomic E-state index is -3.47. The second-order valence-corrected chi connectivity index (χ2v) is 9.68. The topological polar surface area (TPSA) is 118 Å². The number of carbonyl (C=O) groups excluding carboxylic acids is 1. The number of hydrogen-bond acceptors (Lipinski definition) is 8. The first-order valence-corrected chi connectivity index (χ1v) is 12.3. The number of nitrogens with zero attached hydrogens (tertiary/aromatic N) is 5. The van der Waals surface area contributed by atoms with Crippen molar-refractivity contribution < 1.29 is 13.2 Å². The fraction of sp³-hybridized carbons (Fsp3) is 0.0870. The van der Waals surface area contributed by atoms with Crippen LogP contribution in [-0.2, 0) is 9.84 Å². The lowest BCUT2D eigenvalue weighted by Crippen LogP contribution is -2.19. The third-order valence-corrected chi connectivity index (χ3v) is 6.22. The molecule has 0 saturated heterocycles. The van der Waals surface area contributed by atoms with Gasteiger partial charge in [-0.2, -0.15) is 15.0 Å². The molecule has 4 aromatic rings. The lowest BCUT2D eigenvalue weighted by atomic mass is 10.2. The van der Waals surface area contributed by atoms with Crippen molar-refractivity contribution in [3.05, 3.63) is 83.5 Å². The van der Waals surface area contributed by atoms with Gasteiger partial charge in [-0.3, -0.25) is 15.1 Å². The highest BCUT2D eigenvalue weighted by Crippen LogP contribution is 2.25. The maximum Gasteiger partial charge on any atom is 0.259 e. The van der Waals surface area contributed by atoms with Crippen molar-refractivity contribution in [2.75, 3.05) is 23.5 Å². The summed E-state index contributed by atoms with van der Waals surface area (Å²) in [6.07, 6.45) is 2.67. The maximum atomic E-state index is 12.9. The molecule has 0 radical (unpaired) electrons. The van der Waals surface area contributed by atoms with Crippen molar-refractivity contribution in [1.82, 2.24) is 19.9 Å². The number of pyridine rings is 1. The predicted octanol–water partition coefficient (Wildman–Crippen LogP) is 4.01. The molecular formula is C23H19ClN6O3S. The van der Waals surface area contributed by atoms with Crippen molar-refractivity contribution in [1.29, 1.82) is 0 Å². The van der Waals surface area contributed by atoms with E-state index in [0.29, 0.717) is 5.69 Å². The number of amides is 1. The molecule has 9 nitrogen and oxygen atoms in total. The second kappa shape index (κ2) is 9.54. The minimum absolute atomic E-state index is 0.0123. The Morgan fingerprint density at radius 1 is 0.971 bits per heavy atom. The molecule has 1 N–H and O–H groups in total. The van der Waals surface area contributed by atoms with Crippen molar-refractivity contribution in [2.45, 2.75) is 4.90 Å². The Hall–Kier alpha value is -3.89. The van der Waals surface area contributed by atoms with Gasteiger partial charge in [0, 0.05) is 25.2 Å². The molecule has 0 unspecified atom stereocenters. The van der Waals surface area contributed by atoms with Gasteiger partial charge in [0.2, 0.25) is 11.9 Å². The van der Waals surface area contributed by atoms with Crippen LogP contribution < -0.4 is 10.2 Å². The van der Waals surface area contributed by atoms with E-state index in [1.807, 2.05) is 30.3 Å². The summed E-state index contributed by atoms with van der Waals surface area (Å²) >= 11 is 6.19. The van der Waals surface area contributed by atoms with E-state index in [0.717, 1.165) is 11.9 Å². The molecule has 0 spiro atoms. The third kappa shape index (κ3) is 5.19. The lowest BCUT2D eigenvalue weighted by Gasteiger charge is -2.18. The monoisotopic (exact) mass is 494 g/mol. The normalized spacial score (nSPS) is 11.1. The summed E-state index contributed by atoms with van der Waals surface area (Å²) in [4.78, 5) is 32.2. The van der Waals surface area contributed by atoms with E-state index in [-0.39, 0.29) is 33.2 Å². The Bertz CT molecular complexity index is 1450. The van der Waals surface area contributed by atoms with E-state index in [9.17, 15) is 13.2 Å². The van der Waals surface area contributed by atoms with Crippen LogP contribution in [0, 0.1) is 0 Å². The molecule has 4 rings (SSSR count). The predicted molar refractivity (Wildman–Crippen MR) is 130 cm³/mol. The van der Waals surface area contributed by atoms with Crippen LogP contribution in [0.3, 0.4) is 0 Å². The minimum Gasteiger partial charge on any atom is -0.313 e. The summed E-state index contributed by atoms with van der Waals surface area (Å²) in [5.74, 6) is -0.0592. The van der Waals surface area contributed by atoms with Gasteiger partial charge >= 0.3 is 0 Å². The van der Waals surface area contributed by atoms with Crippen LogP contribution >= 0.6 is 11.6 Å². The number of sulfone groups is 1. The van der Waals surface area contributed by atoms with Gasteiger partial charge in [-0.1, -0.05) is 35.9 Å². The lowest BCUT2D eigenvalue weighted by molar-refractivity contribution is 0.102. The molecule has 0 atom stereocenters. The molecule has 0 aliphatic rings. The average Bonchev–Trinajstić information content (AvgIpc) is 2.83. The highest BCUT2D eigenvalue weighted by Gasteiger charge is 2.19. The van der Waals surface area contributed by atoms with Crippen LogP contribution in [-0.4, -0.2) is 47.6 Å². The number of halogens is 1. The number of benzene rings is 2. The number of para-hydroxylation sites is 1. The highest BCUT2D eigenvalue weighted by molar-refractivity contribution is 7.90. The molecule has 2 heterocycles. The Morgan fingerprint density at radius 3 is 2.35 bits per heavy atom. The zero-order valence-corrected chi connectivity index (χ0v) is 19.7. The van der Waals surface area contributed by atoms with Gasteiger partial charge < -0.3 is 4.90 Å². The van der Waals surface area contributed by atoms with Gasteiger partial charge in [0.25, 0.3) is 5.91 Å². The quantitative estimate of drug-likeness (QED) is 0.427. The zero-order valence-electron chi connectivity index (χ0n) is 18.2. The van der Waals surface area contributed by atoms with Crippen molar-refractivity contribution in [3.63, 3.8) is 0 Å². The number of hydrogen-bond donors (Lipinski definition) is 1. The summed E-state index contributed by atoms with van der Waals surface area (Å²) in [5.41, 5.74) is 1.41. The molecule has 2 aromatic carbocycles. The smallest absolute Gasteiger partial charge is 0.259 e. The molecule has 0 aliphatic carbocycles. The summed E-state index contributed by atoms with van der Waals surface area (Å²) in [6, 6.07) is 18.7. The Balaban J connectivity index is 1.72. The van der Waals surface area contributed by atoms with Crippen molar-refractivity contribution in [3.8, 4) is 11.5 Å². The fourth-order valence-electron chi connectivity index (χ4n) is 3.03. The molecule has 0 aliphatic heterocycles. The van der Waals surface area contributed by atoms with Gasteiger partial charge in [-0.05, 0) is 42.5 Å². The number of anilines is 3. The summed E-state index contributed by atoms with van der Waals surface area (Å²) in [5, 5.41) is 2.61. The van der Waals surface area contributed by atoms with E-state index in [1.165, 1.54) is 18.2 Å². The van der Waals surface area contributed by atoms with E-state index >= 15 is 0 Å². The van der Waals surface area contributed by atoms with Crippen LogP contribution in [0.25, 0.3) is 11.5 Å². The van der Waals surface area contributed by atoms with E-state index < -0.39 is 15.7 Å². The van der Waals surface area contributed by atoms with Gasteiger partial charge in [-0.15, -0.1) is 0 Å². The Labute approximate surface area is 201 Å². The first-order valence-electron chi connectivity index (χ1n) is 9.99. The molecule has 34 heavy (non-hydrogen) atoms. The van der Waals surface area contributed by atoms with Crippen molar-refractivity contribution in [2.24, 2.45) is 0 Å². The molecule has 0 saturated carbocycles. The highest BCUT2D eigenvalue weighted by atomic mass is 35.5. The molecule has 172 valence electrons. The van der Waals surface area contributed by atoms with Crippen molar-refractivity contribution >= 4 is 44.9 Å². The standard InChI is InChI=1S/C23H19ClN6O3S/c1-30(15-8-4-3-5-9-15)23-27-20(19-10-6-7-13-25-19)26-22(29-23)28-21(31)17-12-11-16(14-18(17)24)34(2,32)33/h3-14H,1-2H3,(H,26,27,28,29,31). The van der Waals surface area contributed by atoms with Crippen LogP contribution in [0.5, 0.6) is 0 Å². The van der Waals surface area contributed by atoms with Gasteiger partial charge in [0.15, 0.2) is 15.7 Å². The first-order chi connectivity index (χ1) is 16.2. The molecule has 0 fully saturated rings. The van der Waals surface area contributed by atoms with Crippen LogP contribution in [0.4, 0.5) is 17.6 Å². The van der Waals surface area contributed by atoms with E-state index in [1.54, 1.807) is 36.3 Å². The Morgan fingerprint density at radius 2 is 1.71 bits per heavy atom. The van der Waals surface area contributed by atoms with Gasteiger partial charge in [-0.25, -0.2) is 8.42 Å².